The van der Waals surface area contributed by atoms with E-state index in [0.29, 0.717) is 6.04 Å². The van der Waals surface area contributed by atoms with Crippen molar-refractivity contribution in [3.63, 3.8) is 0 Å². The zero-order valence-corrected chi connectivity index (χ0v) is 12.2. The zero-order chi connectivity index (χ0) is 11.4. The molecule has 0 saturated heterocycles. The molecular formula is C11H13BrN2S2. The van der Waals surface area contributed by atoms with E-state index in [4.69, 9.17) is 0 Å². The van der Waals surface area contributed by atoms with E-state index < -0.39 is 0 Å². The maximum Gasteiger partial charge on any atom is 0.0794 e. The third kappa shape index (κ3) is 3.38. The Morgan fingerprint density at radius 3 is 3.00 bits per heavy atom. The van der Waals surface area contributed by atoms with Gasteiger partial charge >= 0.3 is 0 Å². The summed E-state index contributed by atoms with van der Waals surface area (Å²) in [5, 5.41) is 3.50. The molecule has 0 aliphatic carbocycles. The van der Waals surface area contributed by atoms with Crippen molar-refractivity contribution in [3.8, 4) is 0 Å². The molecule has 0 aliphatic heterocycles. The minimum atomic E-state index is 0.399. The average molecular weight is 317 g/mol. The van der Waals surface area contributed by atoms with Crippen LogP contribution in [0.15, 0.2) is 27.6 Å². The molecule has 1 atom stereocenters. The number of thiophene rings is 1. The van der Waals surface area contributed by atoms with Gasteiger partial charge in [0.25, 0.3) is 0 Å². The van der Waals surface area contributed by atoms with Crippen LogP contribution in [0.4, 0.5) is 0 Å². The average Bonchev–Trinajstić information content (AvgIpc) is 2.89. The second kappa shape index (κ2) is 5.91. The van der Waals surface area contributed by atoms with Crippen molar-refractivity contribution in [1.29, 1.82) is 0 Å². The van der Waals surface area contributed by atoms with Gasteiger partial charge < -0.3 is 5.32 Å². The van der Waals surface area contributed by atoms with Gasteiger partial charge in [-0.15, -0.1) is 22.7 Å². The molecular weight excluding hydrogens is 304 g/mol. The fourth-order valence-corrected chi connectivity index (χ4v) is 3.57. The highest BCUT2D eigenvalue weighted by Gasteiger charge is 2.06. The van der Waals surface area contributed by atoms with Crippen molar-refractivity contribution in [3.05, 3.63) is 37.4 Å². The van der Waals surface area contributed by atoms with Crippen LogP contribution in [0.2, 0.25) is 0 Å². The normalized spacial score (nSPS) is 12.9. The predicted molar refractivity (Wildman–Crippen MR) is 74.3 cm³/mol. The molecule has 0 aromatic carbocycles. The molecule has 86 valence electrons. The fraction of sp³-hybridized carbons (Fsp3) is 0.364. The third-order valence-electron chi connectivity index (χ3n) is 2.33. The van der Waals surface area contributed by atoms with E-state index in [2.05, 4.69) is 45.3 Å². The van der Waals surface area contributed by atoms with Crippen LogP contribution >= 0.6 is 38.6 Å². The van der Waals surface area contributed by atoms with Gasteiger partial charge in [-0.1, -0.05) is 0 Å². The number of nitrogens with zero attached hydrogens (tertiary/aromatic N) is 1. The Labute approximate surface area is 112 Å². The van der Waals surface area contributed by atoms with Gasteiger partial charge in [-0.05, 0) is 41.4 Å². The molecule has 2 aromatic heterocycles. The van der Waals surface area contributed by atoms with Crippen LogP contribution < -0.4 is 5.32 Å². The molecule has 2 aromatic rings. The zero-order valence-electron chi connectivity index (χ0n) is 8.94. The lowest BCUT2D eigenvalue weighted by atomic mass is 10.3. The third-order valence-corrected chi connectivity index (χ3v) is 4.97. The van der Waals surface area contributed by atoms with Gasteiger partial charge in [0.15, 0.2) is 0 Å². The first kappa shape index (κ1) is 12.2. The second-order valence-corrected chi connectivity index (χ2v) is 7.00. The number of thiazole rings is 1. The lowest BCUT2D eigenvalue weighted by Gasteiger charge is -2.10. The van der Waals surface area contributed by atoms with E-state index in [1.54, 1.807) is 22.7 Å². The Bertz CT molecular complexity index is 425. The lowest BCUT2D eigenvalue weighted by Crippen LogP contribution is -2.20. The molecule has 0 radical (unpaired) electrons. The highest BCUT2D eigenvalue weighted by atomic mass is 79.9. The fourth-order valence-electron chi connectivity index (χ4n) is 1.44. The van der Waals surface area contributed by atoms with Gasteiger partial charge in [0.05, 0.1) is 9.30 Å². The van der Waals surface area contributed by atoms with Crippen molar-refractivity contribution >= 4 is 38.6 Å². The van der Waals surface area contributed by atoms with E-state index in [-0.39, 0.29) is 0 Å². The number of halogens is 1. The van der Waals surface area contributed by atoms with Crippen LogP contribution in [0.5, 0.6) is 0 Å². The van der Waals surface area contributed by atoms with Crippen molar-refractivity contribution in [2.24, 2.45) is 0 Å². The number of aromatic nitrogens is 1. The Kier molecular flexibility index (Phi) is 4.52. The Balaban J connectivity index is 1.76. The first-order chi connectivity index (χ1) is 7.75. The smallest absolute Gasteiger partial charge is 0.0794 e. The van der Waals surface area contributed by atoms with Gasteiger partial charge in [-0.3, -0.25) is 4.98 Å². The van der Waals surface area contributed by atoms with E-state index in [1.807, 2.05) is 11.7 Å². The van der Waals surface area contributed by atoms with E-state index in [9.17, 15) is 0 Å². The van der Waals surface area contributed by atoms with E-state index in [1.165, 1.54) is 13.5 Å². The number of hydrogen-bond acceptors (Lipinski definition) is 4. The van der Waals surface area contributed by atoms with Crippen molar-refractivity contribution in [2.75, 3.05) is 6.54 Å². The van der Waals surface area contributed by atoms with Gasteiger partial charge in [-0.2, -0.15) is 0 Å². The maximum atomic E-state index is 4.09. The minimum absolute atomic E-state index is 0.399. The highest BCUT2D eigenvalue weighted by Crippen LogP contribution is 2.22. The predicted octanol–water partition coefficient (Wildman–Crippen LogP) is 3.86. The molecule has 0 aliphatic rings. The van der Waals surface area contributed by atoms with Gasteiger partial charge in [0.2, 0.25) is 0 Å². The molecule has 0 spiro atoms. The summed E-state index contributed by atoms with van der Waals surface area (Å²) in [7, 11) is 0. The molecule has 16 heavy (non-hydrogen) atoms. The lowest BCUT2D eigenvalue weighted by molar-refractivity contribution is 0.586. The van der Waals surface area contributed by atoms with Crippen molar-refractivity contribution < 1.29 is 0 Å². The maximum absolute atomic E-state index is 4.09. The molecule has 5 heteroatoms. The molecule has 1 N–H and O–H groups in total. The molecule has 2 heterocycles. The minimum Gasteiger partial charge on any atom is -0.309 e. The summed E-state index contributed by atoms with van der Waals surface area (Å²) in [6.07, 6.45) is 3.02. The first-order valence-electron chi connectivity index (χ1n) is 5.11. The summed E-state index contributed by atoms with van der Waals surface area (Å²) in [4.78, 5) is 6.80. The molecule has 2 rings (SSSR count). The van der Waals surface area contributed by atoms with Gasteiger partial charge in [0, 0.05) is 28.5 Å². The molecule has 1 unspecified atom stereocenters. The van der Waals surface area contributed by atoms with E-state index in [0.717, 1.165) is 13.0 Å². The van der Waals surface area contributed by atoms with E-state index >= 15 is 0 Å². The number of nitrogens with one attached hydrogen (secondary N) is 1. The summed E-state index contributed by atoms with van der Waals surface area (Å²) in [5.41, 5.74) is 1.88. The number of hydrogen-bond donors (Lipinski definition) is 1. The Hall–Kier alpha value is -0.230. The monoisotopic (exact) mass is 316 g/mol. The molecule has 0 fully saturated rings. The van der Waals surface area contributed by atoms with Gasteiger partial charge in [0.1, 0.15) is 0 Å². The van der Waals surface area contributed by atoms with Gasteiger partial charge in [-0.25, -0.2) is 0 Å². The SMILES string of the molecule is CC(NCCc1ccc(Br)s1)c1cncs1. The highest BCUT2D eigenvalue weighted by molar-refractivity contribution is 9.11. The van der Waals surface area contributed by atoms with Crippen LogP contribution in [0.3, 0.4) is 0 Å². The molecule has 0 amide bonds. The number of rotatable bonds is 5. The largest absolute Gasteiger partial charge is 0.309 e. The summed E-state index contributed by atoms with van der Waals surface area (Å²) >= 11 is 6.98. The molecule has 0 bridgehead atoms. The summed E-state index contributed by atoms with van der Waals surface area (Å²) in [5.74, 6) is 0. The molecule has 0 saturated carbocycles. The van der Waals surface area contributed by atoms with Crippen LogP contribution in [0, 0.1) is 0 Å². The molecule has 2 nitrogen and oxygen atoms in total. The first-order valence-corrected chi connectivity index (χ1v) is 7.60. The van der Waals surface area contributed by atoms with Crippen LogP contribution in [-0.4, -0.2) is 11.5 Å². The summed E-state index contributed by atoms with van der Waals surface area (Å²) < 4.78 is 1.21. The second-order valence-electron chi connectivity index (χ2n) is 3.54. The van der Waals surface area contributed by atoms with Crippen molar-refractivity contribution in [2.45, 2.75) is 19.4 Å². The van der Waals surface area contributed by atoms with Crippen LogP contribution in [0.25, 0.3) is 0 Å². The van der Waals surface area contributed by atoms with Crippen molar-refractivity contribution in [1.82, 2.24) is 10.3 Å². The summed E-state index contributed by atoms with van der Waals surface area (Å²) in [6.45, 7) is 3.18. The topological polar surface area (TPSA) is 24.9 Å². The van der Waals surface area contributed by atoms with Crippen LogP contribution in [-0.2, 0) is 6.42 Å². The van der Waals surface area contributed by atoms with Crippen LogP contribution in [0.1, 0.15) is 22.7 Å². The quantitative estimate of drug-likeness (QED) is 0.906. The Morgan fingerprint density at radius 1 is 1.50 bits per heavy atom. The standard InChI is InChI=1S/C11H13BrN2S2/c1-8(10-6-13-7-15-10)14-5-4-9-2-3-11(12)16-9/h2-3,6-8,14H,4-5H2,1H3. The Morgan fingerprint density at radius 2 is 2.38 bits per heavy atom. The summed E-state index contributed by atoms with van der Waals surface area (Å²) in [6, 6.07) is 4.68.